The van der Waals surface area contributed by atoms with Crippen molar-refractivity contribution < 1.29 is 20.8 Å². The summed E-state index contributed by atoms with van der Waals surface area (Å²) in [5.41, 5.74) is 8.79. The van der Waals surface area contributed by atoms with E-state index in [9.17, 15) is 0 Å². The molecular weight excluding hydrogens is 775 g/mol. The van der Waals surface area contributed by atoms with Gasteiger partial charge in [-0.05, 0) is 160 Å². The zero-order valence-electron chi connectivity index (χ0n) is 37.8. The third-order valence-corrected chi connectivity index (χ3v) is 15.2. The summed E-state index contributed by atoms with van der Waals surface area (Å²) in [6, 6.07) is 17.8. The normalized spacial score (nSPS) is 32.6. The topological polar surface area (TPSA) is 0 Å². The average molecular weight is 857 g/mol. The van der Waals surface area contributed by atoms with Gasteiger partial charge < -0.3 is 14.9 Å². The van der Waals surface area contributed by atoms with Crippen LogP contribution in [0.4, 0.5) is 0 Å². The Balaban J connectivity index is 0.00000152. The van der Waals surface area contributed by atoms with E-state index < -0.39 is 20.8 Å². The Hall–Kier alpha value is -0.0969. The fourth-order valence-corrected chi connectivity index (χ4v) is 12.0. The second kappa shape index (κ2) is 18.4. The van der Waals surface area contributed by atoms with E-state index in [1.54, 1.807) is 11.1 Å². The van der Waals surface area contributed by atoms with E-state index in [1.807, 2.05) is 0 Å². The predicted molar refractivity (Wildman–Crippen MR) is 238 cm³/mol. The molecule has 6 rings (SSSR count). The first-order chi connectivity index (χ1) is 24.0. The van der Waals surface area contributed by atoms with Crippen molar-refractivity contribution in [2.24, 2.45) is 58.7 Å². The number of hydrogen-bond acceptors (Lipinski definition) is 0. The van der Waals surface area contributed by atoms with E-state index in [0.29, 0.717) is 11.3 Å². The summed E-state index contributed by atoms with van der Waals surface area (Å²) in [6.07, 6.45) is 11.5. The molecule has 4 aliphatic rings. The third-order valence-electron chi connectivity index (χ3n) is 15.2. The van der Waals surface area contributed by atoms with Gasteiger partial charge >= 0.3 is 37.9 Å². The Kier molecular flexibility index (Phi) is 16.5. The van der Waals surface area contributed by atoms with Crippen molar-refractivity contribution in [3.8, 4) is 0 Å². The molecule has 0 saturated heterocycles. The maximum absolute atomic E-state index is 4.93. The number of rotatable bonds is 4. The molecule has 0 aliphatic heterocycles. The SMILES string of the molecule is CC1CC2C(c3ccc(C(C)(C)C)cc3)CCCC2C1CC1C(C)CC2C(c3cc(C(C)(C)C)cc(C(C)(C)C)c3)CC(C(C)(C)C)CC12.[CH3-].[CH3-].[Cl][Zr+2][Cl]. The van der Waals surface area contributed by atoms with Crippen molar-refractivity contribution in [2.75, 3.05) is 0 Å². The van der Waals surface area contributed by atoms with Crippen LogP contribution in [0, 0.1) is 73.5 Å². The molecule has 2 aromatic carbocycles. The maximum atomic E-state index is 4.93. The van der Waals surface area contributed by atoms with Gasteiger partial charge in [-0.25, -0.2) is 0 Å². The number of hydrogen-bond donors (Lipinski definition) is 0. The molecule has 304 valence electrons. The van der Waals surface area contributed by atoms with Crippen LogP contribution in [0.5, 0.6) is 0 Å². The first-order valence-corrected chi connectivity index (χ1v) is 27.6. The van der Waals surface area contributed by atoms with Crippen molar-refractivity contribution >= 4 is 17.0 Å². The van der Waals surface area contributed by atoms with Crippen LogP contribution in [0.25, 0.3) is 0 Å². The Morgan fingerprint density at radius 1 is 0.537 bits per heavy atom. The van der Waals surface area contributed by atoms with Crippen LogP contribution in [0.3, 0.4) is 0 Å². The second-order valence-electron chi connectivity index (χ2n) is 22.6. The molecule has 0 spiro atoms. The molecule has 0 bridgehead atoms. The van der Waals surface area contributed by atoms with Gasteiger partial charge in [0.25, 0.3) is 0 Å². The summed E-state index contributed by atoms with van der Waals surface area (Å²) in [4.78, 5) is 0. The van der Waals surface area contributed by atoms with Crippen LogP contribution in [0.1, 0.15) is 188 Å². The molecule has 3 heteroatoms. The summed E-state index contributed by atoms with van der Waals surface area (Å²) in [6.45, 7) is 34.5. The van der Waals surface area contributed by atoms with E-state index in [1.165, 1.54) is 68.1 Å². The molecule has 0 amide bonds. The molecule has 11 unspecified atom stereocenters. The quantitative estimate of drug-likeness (QED) is 0.269. The second-order valence-corrected chi connectivity index (χ2v) is 26.3. The van der Waals surface area contributed by atoms with E-state index in [-0.39, 0.29) is 31.1 Å². The van der Waals surface area contributed by atoms with Gasteiger partial charge in [-0.3, -0.25) is 0 Å². The molecular formula is C51H82Cl2Zr. The molecule has 0 radical (unpaired) electrons. The standard InChI is InChI=1S/C49H76.2CH3.2ClH.Zr/c1-30-22-43-38(32-18-20-34(21-19-32)46(3,4)5)16-15-17-39(43)40(30)29-41-31(2)23-44-42(27-37(28-45(41)44)49(12,13)14)33-24-35(47(6,7)8)26-36(25-33)48(9,10)11;;;;;/h18-21,24-26,30-31,37-45H,15-17,22-23,27-29H2,1-14H3;2*1H3;2*1H;/q;2*-1;;;+4/p-2. The minimum absolute atomic E-state index is 0. The van der Waals surface area contributed by atoms with Crippen molar-refractivity contribution in [2.45, 2.75) is 176 Å². The predicted octanol–water partition coefficient (Wildman–Crippen LogP) is 16.5. The zero-order chi connectivity index (χ0) is 38.6. The Bertz CT molecular complexity index is 1430. The zero-order valence-corrected chi connectivity index (χ0v) is 41.8. The summed E-state index contributed by atoms with van der Waals surface area (Å²) >= 11 is -0.826. The van der Waals surface area contributed by atoms with E-state index in [4.69, 9.17) is 17.0 Å². The average Bonchev–Trinajstić information content (AvgIpc) is 3.54. The molecule has 4 saturated carbocycles. The van der Waals surface area contributed by atoms with Gasteiger partial charge in [0.15, 0.2) is 0 Å². The van der Waals surface area contributed by atoms with Gasteiger partial charge in [0, 0.05) is 0 Å². The first kappa shape index (κ1) is 48.3. The fraction of sp³-hybridized carbons (Fsp3) is 0.725. The van der Waals surface area contributed by atoms with Crippen LogP contribution in [0.2, 0.25) is 0 Å². The van der Waals surface area contributed by atoms with Gasteiger partial charge in [-0.2, -0.15) is 0 Å². The minimum atomic E-state index is -0.826. The molecule has 0 nitrogen and oxygen atoms in total. The van der Waals surface area contributed by atoms with Crippen LogP contribution < -0.4 is 0 Å². The van der Waals surface area contributed by atoms with E-state index >= 15 is 0 Å². The van der Waals surface area contributed by atoms with Crippen LogP contribution in [-0.2, 0) is 37.1 Å². The molecule has 0 heterocycles. The van der Waals surface area contributed by atoms with Crippen molar-refractivity contribution in [3.63, 3.8) is 0 Å². The Morgan fingerprint density at radius 2 is 1.00 bits per heavy atom. The van der Waals surface area contributed by atoms with Gasteiger partial charge in [-0.15, -0.1) is 0 Å². The van der Waals surface area contributed by atoms with Gasteiger partial charge in [0.1, 0.15) is 0 Å². The number of halogens is 2. The number of fused-ring (bicyclic) bond motifs is 2. The summed E-state index contributed by atoms with van der Waals surface area (Å²) < 4.78 is 0. The van der Waals surface area contributed by atoms with E-state index in [0.717, 1.165) is 59.2 Å². The number of benzene rings is 2. The first-order valence-electron chi connectivity index (χ1n) is 21.3. The fourth-order valence-electron chi connectivity index (χ4n) is 12.0. The van der Waals surface area contributed by atoms with Crippen molar-refractivity contribution in [1.29, 1.82) is 0 Å². The monoisotopic (exact) mass is 854 g/mol. The summed E-state index contributed by atoms with van der Waals surface area (Å²) in [5, 5.41) is 0. The van der Waals surface area contributed by atoms with Crippen LogP contribution >= 0.6 is 17.0 Å². The third kappa shape index (κ3) is 10.7. The van der Waals surface area contributed by atoms with Crippen molar-refractivity contribution in [3.05, 3.63) is 85.1 Å². The molecule has 4 aliphatic carbocycles. The Labute approximate surface area is 355 Å². The van der Waals surface area contributed by atoms with Crippen LogP contribution in [-0.4, -0.2) is 0 Å². The molecule has 2 aromatic rings. The summed E-state index contributed by atoms with van der Waals surface area (Å²) in [7, 11) is 9.87. The van der Waals surface area contributed by atoms with E-state index in [2.05, 4.69) is 139 Å². The van der Waals surface area contributed by atoms with Gasteiger partial charge in [-0.1, -0.05) is 146 Å². The molecule has 0 aromatic heterocycles. The van der Waals surface area contributed by atoms with Gasteiger partial charge in [0.05, 0.1) is 0 Å². The molecule has 4 fully saturated rings. The van der Waals surface area contributed by atoms with Crippen LogP contribution in [0.15, 0.2) is 42.5 Å². The summed E-state index contributed by atoms with van der Waals surface area (Å²) in [5.74, 6) is 9.32. The molecule has 0 N–H and O–H groups in total. The van der Waals surface area contributed by atoms with Gasteiger partial charge in [0.2, 0.25) is 0 Å². The molecule has 11 atom stereocenters. The Morgan fingerprint density at radius 3 is 1.46 bits per heavy atom. The molecule has 54 heavy (non-hydrogen) atoms. The van der Waals surface area contributed by atoms with Crippen molar-refractivity contribution in [1.82, 2.24) is 0 Å².